The smallest absolute Gasteiger partial charge is 0.373 e. The van der Waals surface area contributed by atoms with Gasteiger partial charge in [0.05, 0.1) is 19.8 Å². The molecule has 0 amide bonds. The van der Waals surface area contributed by atoms with Gasteiger partial charge in [-0.2, -0.15) is 0 Å². The average Bonchev–Trinajstić information content (AvgIpc) is 3.23. The van der Waals surface area contributed by atoms with Crippen molar-refractivity contribution in [3.05, 3.63) is 58.7 Å². The molecule has 0 saturated heterocycles. The summed E-state index contributed by atoms with van der Waals surface area (Å²) >= 11 is 0. The van der Waals surface area contributed by atoms with Crippen LogP contribution in [-0.2, 0) is 27.3 Å². The van der Waals surface area contributed by atoms with Crippen molar-refractivity contribution >= 4 is 22.9 Å². The second kappa shape index (κ2) is 6.84. The summed E-state index contributed by atoms with van der Waals surface area (Å²) in [6.07, 6.45) is 1.68. The molecular weight excluding hydrogens is 324 g/mol. The summed E-state index contributed by atoms with van der Waals surface area (Å²) in [5.74, 6) is -0.539. The van der Waals surface area contributed by atoms with E-state index in [2.05, 4.69) is 4.74 Å². The zero-order chi connectivity index (χ0) is 18.0. The number of methoxy groups -OCH3 is 1. The van der Waals surface area contributed by atoms with E-state index in [1.54, 1.807) is 12.3 Å². The van der Waals surface area contributed by atoms with E-state index in [4.69, 9.17) is 13.6 Å². The summed E-state index contributed by atoms with van der Waals surface area (Å²) in [4.78, 5) is 23.4. The molecule has 0 spiro atoms. The predicted octanol–water partition coefficient (Wildman–Crippen LogP) is 3.72. The number of esters is 2. The molecule has 0 N–H and O–H groups in total. The third-order valence-corrected chi connectivity index (χ3v) is 4.10. The first-order chi connectivity index (χ1) is 12.0. The number of hydrogen-bond donors (Lipinski definition) is 0. The van der Waals surface area contributed by atoms with Gasteiger partial charge in [-0.25, -0.2) is 4.79 Å². The molecule has 1 aromatic carbocycles. The Morgan fingerprint density at radius 2 is 1.92 bits per heavy atom. The van der Waals surface area contributed by atoms with Crippen LogP contribution in [-0.4, -0.2) is 19.0 Å². The molecule has 0 aliphatic rings. The minimum atomic E-state index is -0.576. The van der Waals surface area contributed by atoms with Crippen molar-refractivity contribution in [2.45, 2.75) is 26.9 Å². The second-order valence-electron chi connectivity index (χ2n) is 5.74. The maximum absolute atomic E-state index is 12.1. The van der Waals surface area contributed by atoms with Gasteiger partial charge >= 0.3 is 11.9 Å². The van der Waals surface area contributed by atoms with Gasteiger partial charge in [-0.3, -0.25) is 4.79 Å². The molecule has 0 bridgehead atoms. The number of furan rings is 2. The predicted molar refractivity (Wildman–Crippen MR) is 89.2 cm³/mol. The fourth-order valence-electron chi connectivity index (χ4n) is 2.55. The van der Waals surface area contributed by atoms with Crippen LogP contribution in [0.15, 0.2) is 39.4 Å². The molecule has 6 nitrogen and oxygen atoms in total. The molecule has 3 rings (SSSR count). The molecule has 0 atom stereocenters. The molecule has 0 aliphatic carbocycles. The summed E-state index contributed by atoms with van der Waals surface area (Å²) in [5, 5.41) is 0.908. The standard InChI is InChI=1S/C19H18O6/c1-11-4-6-15-13(9-24-18(15)12(11)2)8-17(20)23-10-14-5-7-16(25-14)19(21)22-3/h4-7,9H,8,10H2,1-3H3. The van der Waals surface area contributed by atoms with Crippen molar-refractivity contribution in [2.24, 2.45) is 0 Å². The van der Waals surface area contributed by atoms with E-state index in [-0.39, 0.29) is 18.8 Å². The number of carbonyl (C=O) groups is 2. The maximum Gasteiger partial charge on any atom is 0.373 e. The van der Waals surface area contributed by atoms with Crippen LogP contribution in [0.25, 0.3) is 11.0 Å². The largest absolute Gasteiger partial charge is 0.464 e. The lowest BCUT2D eigenvalue weighted by atomic mass is 10.0. The Morgan fingerprint density at radius 3 is 2.68 bits per heavy atom. The van der Waals surface area contributed by atoms with E-state index in [1.165, 1.54) is 13.2 Å². The fourth-order valence-corrected chi connectivity index (χ4v) is 2.55. The number of benzene rings is 1. The summed E-state index contributed by atoms with van der Waals surface area (Å²) in [7, 11) is 1.27. The second-order valence-corrected chi connectivity index (χ2v) is 5.74. The fraction of sp³-hybridized carbons (Fsp3) is 0.263. The van der Waals surface area contributed by atoms with Crippen LogP contribution in [0, 0.1) is 13.8 Å². The highest BCUT2D eigenvalue weighted by molar-refractivity contribution is 5.88. The van der Waals surface area contributed by atoms with E-state index in [0.717, 1.165) is 27.7 Å². The highest BCUT2D eigenvalue weighted by atomic mass is 16.5. The Kier molecular flexibility index (Phi) is 4.61. The Hall–Kier alpha value is -3.02. The van der Waals surface area contributed by atoms with Gasteiger partial charge in [0.1, 0.15) is 18.0 Å². The molecule has 3 aromatic rings. The third-order valence-electron chi connectivity index (χ3n) is 4.10. The van der Waals surface area contributed by atoms with E-state index >= 15 is 0 Å². The van der Waals surface area contributed by atoms with Crippen molar-refractivity contribution < 1.29 is 27.9 Å². The van der Waals surface area contributed by atoms with Crippen molar-refractivity contribution in [2.75, 3.05) is 7.11 Å². The summed E-state index contributed by atoms with van der Waals surface area (Å²) in [6, 6.07) is 6.99. The topological polar surface area (TPSA) is 78.9 Å². The van der Waals surface area contributed by atoms with Crippen LogP contribution in [0.2, 0.25) is 0 Å². The van der Waals surface area contributed by atoms with Gasteiger partial charge in [0.25, 0.3) is 0 Å². The Morgan fingerprint density at radius 1 is 1.12 bits per heavy atom. The average molecular weight is 342 g/mol. The minimum absolute atomic E-state index is 0.0518. The van der Waals surface area contributed by atoms with Crippen LogP contribution >= 0.6 is 0 Å². The van der Waals surface area contributed by atoms with E-state index in [9.17, 15) is 9.59 Å². The van der Waals surface area contributed by atoms with Gasteiger partial charge in [-0.15, -0.1) is 0 Å². The third kappa shape index (κ3) is 3.42. The highest BCUT2D eigenvalue weighted by Crippen LogP contribution is 2.27. The number of hydrogen-bond acceptors (Lipinski definition) is 6. The van der Waals surface area contributed by atoms with Gasteiger partial charge in [0.2, 0.25) is 5.76 Å². The molecule has 25 heavy (non-hydrogen) atoms. The van der Waals surface area contributed by atoms with E-state index in [1.807, 2.05) is 26.0 Å². The van der Waals surface area contributed by atoms with Crippen LogP contribution in [0.4, 0.5) is 0 Å². The zero-order valence-corrected chi connectivity index (χ0v) is 14.3. The highest BCUT2D eigenvalue weighted by Gasteiger charge is 2.15. The maximum atomic E-state index is 12.1. The Labute approximate surface area is 144 Å². The minimum Gasteiger partial charge on any atom is -0.464 e. The molecule has 6 heteroatoms. The van der Waals surface area contributed by atoms with Gasteiger partial charge in [0.15, 0.2) is 0 Å². The molecule has 0 aliphatic heterocycles. The molecule has 130 valence electrons. The molecule has 0 saturated carbocycles. The lowest BCUT2D eigenvalue weighted by Gasteiger charge is -2.03. The number of carbonyl (C=O) groups excluding carboxylic acids is 2. The number of ether oxygens (including phenoxy) is 2. The number of fused-ring (bicyclic) bond motifs is 1. The van der Waals surface area contributed by atoms with Gasteiger partial charge in [-0.1, -0.05) is 12.1 Å². The quantitative estimate of drug-likeness (QED) is 0.658. The van der Waals surface area contributed by atoms with Crippen LogP contribution < -0.4 is 0 Å². The first-order valence-corrected chi connectivity index (χ1v) is 7.78. The number of rotatable bonds is 5. The summed E-state index contributed by atoms with van der Waals surface area (Å²) in [6.45, 7) is 3.94. The van der Waals surface area contributed by atoms with Crippen molar-refractivity contribution in [1.82, 2.24) is 0 Å². The Bertz CT molecular complexity index is 931. The van der Waals surface area contributed by atoms with Crippen LogP contribution in [0.5, 0.6) is 0 Å². The van der Waals surface area contributed by atoms with E-state index in [0.29, 0.717) is 5.76 Å². The molecular formula is C19H18O6. The lowest BCUT2D eigenvalue weighted by Crippen LogP contribution is -2.07. The lowest BCUT2D eigenvalue weighted by molar-refractivity contribution is -0.144. The molecule has 0 radical (unpaired) electrons. The zero-order valence-electron chi connectivity index (χ0n) is 14.3. The van der Waals surface area contributed by atoms with Gasteiger partial charge in [-0.05, 0) is 37.1 Å². The van der Waals surface area contributed by atoms with Gasteiger partial charge < -0.3 is 18.3 Å². The van der Waals surface area contributed by atoms with Gasteiger partial charge in [0, 0.05) is 10.9 Å². The van der Waals surface area contributed by atoms with Crippen LogP contribution in [0.3, 0.4) is 0 Å². The molecule has 2 heterocycles. The normalized spacial score (nSPS) is 10.8. The molecule has 0 unspecified atom stereocenters. The van der Waals surface area contributed by atoms with Crippen LogP contribution in [0.1, 0.15) is 33.0 Å². The SMILES string of the molecule is COC(=O)c1ccc(COC(=O)Cc2coc3c(C)c(C)ccc23)o1. The summed E-state index contributed by atoms with van der Waals surface area (Å²) in [5.41, 5.74) is 3.76. The monoisotopic (exact) mass is 342 g/mol. The van der Waals surface area contributed by atoms with E-state index < -0.39 is 11.9 Å². The molecule has 0 fully saturated rings. The molecule has 2 aromatic heterocycles. The number of aryl methyl sites for hydroxylation is 2. The summed E-state index contributed by atoms with van der Waals surface area (Å²) < 4.78 is 20.6. The first-order valence-electron chi connectivity index (χ1n) is 7.78. The van der Waals surface area contributed by atoms with Crippen molar-refractivity contribution in [3.8, 4) is 0 Å². The Balaban J connectivity index is 1.64. The van der Waals surface area contributed by atoms with Crippen molar-refractivity contribution in [3.63, 3.8) is 0 Å². The first kappa shape index (κ1) is 16.8. The van der Waals surface area contributed by atoms with Crippen molar-refractivity contribution in [1.29, 1.82) is 0 Å².